The third-order valence-electron chi connectivity index (χ3n) is 2.27. The van der Waals surface area contributed by atoms with Crippen molar-refractivity contribution in [1.82, 2.24) is 10.3 Å². The van der Waals surface area contributed by atoms with Crippen molar-refractivity contribution in [3.8, 4) is 0 Å². The highest BCUT2D eigenvalue weighted by atomic mass is 32.2. The molecular weight excluding hydrogens is 232 g/mol. The van der Waals surface area contributed by atoms with Crippen molar-refractivity contribution in [3.05, 3.63) is 54.4 Å². The van der Waals surface area contributed by atoms with Crippen LogP contribution in [0.1, 0.15) is 5.56 Å². The van der Waals surface area contributed by atoms with Crippen LogP contribution < -0.4 is 5.32 Å². The fourth-order valence-corrected chi connectivity index (χ4v) is 2.14. The van der Waals surface area contributed by atoms with Crippen LogP contribution in [0.15, 0.2) is 53.7 Å². The quantitative estimate of drug-likeness (QED) is 0.796. The molecule has 2 N–H and O–H groups in total. The third-order valence-corrected chi connectivity index (χ3v) is 3.28. The number of aromatic nitrogens is 1. The molecule has 1 aromatic heterocycles. The van der Waals surface area contributed by atoms with Gasteiger partial charge in [-0.1, -0.05) is 18.2 Å². The van der Waals surface area contributed by atoms with Gasteiger partial charge in [-0.05, 0) is 23.8 Å². The van der Waals surface area contributed by atoms with Gasteiger partial charge in [0.2, 0.25) is 5.91 Å². The maximum atomic E-state index is 11.6. The summed E-state index contributed by atoms with van der Waals surface area (Å²) in [5, 5.41) is 2.88. The standard InChI is InChI=1S/C13H14N2OS/c16-13(15-9-11-6-7-14-8-11)10-17-12-4-2-1-3-5-12/h1-8,14H,9-10H2,(H,15,16). The Morgan fingerprint density at radius 3 is 2.76 bits per heavy atom. The van der Waals surface area contributed by atoms with Gasteiger partial charge in [0.05, 0.1) is 5.75 Å². The summed E-state index contributed by atoms with van der Waals surface area (Å²) < 4.78 is 0. The normalized spacial score (nSPS) is 10.1. The predicted octanol–water partition coefficient (Wildman–Crippen LogP) is 2.42. The van der Waals surface area contributed by atoms with Crippen LogP contribution in [0, 0.1) is 0 Å². The lowest BCUT2D eigenvalue weighted by atomic mass is 10.3. The van der Waals surface area contributed by atoms with Crippen LogP contribution in [0.5, 0.6) is 0 Å². The number of aromatic amines is 1. The molecule has 88 valence electrons. The number of carbonyl (C=O) groups excluding carboxylic acids is 1. The molecule has 0 aliphatic carbocycles. The summed E-state index contributed by atoms with van der Waals surface area (Å²) in [5.74, 6) is 0.508. The summed E-state index contributed by atoms with van der Waals surface area (Å²) in [6, 6.07) is 11.9. The van der Waals surface area contributed by atoms with Gasteiger partial charge in [0, 0.05) is 23.8 Å². The van der Waals surface area contributed by atoms with Crippen LogP contribution in [0.25, 0.3) is 0 Å². The van der Waals surface area contributed by atoms with Gasteiger partial charge in [-0.3, -0.25) is 4.79 Å². The highest BCUT2D eigenvalue weighted by molar-refractivity contribution is 8.00. The summed E-state index contributed by atoms with van der Waals surface area (Å²) in [4.78, 5) is 15.6. The summed E-state index contributed by atoms with van der Waals surface area (Å²) in [7, 11) is 0. The maximum Gasteiger partial charge on any atom is 0.230 e. The van der Waals surface area contributed by atoms with Crippen molar-refractivity contribution < 1.29 is 4.79 Å². The zero-order chi connectivity index (χ0) is 11.9. The SMILES string of the molecule is O=C(CSc1ccccc1)NCc1cc[nH]c1. The number of thioether (sulfide) groups is 1. The van der Waals surface area contributed by atoms with E-state index in [0.29, 0.717) is 12.3 Å². The number of nitrogens with one attached hydrogen (secondary N) is 2. The van der Waals surface area contributed by atoms with Crippen LogP contribution in [-0.4, -0.2) is 16.6 Å². The molecule has 0 radical (unpaired) electrons. The van der Waals surface area contributed by atoms with Crippen molar-refractivity contribution >= 4 is 17.7 Å². The van der Waals surface area contributed by atoms with E-state index in [0.717, 1.165) is 10.5 Å². The monoisotopic (exact) mass is 246 g/mol. The minimum absolute atomic E-state index is 0.0556. The molecule has 0 saturated heterocycles. The largest absolute Gasteiger partial charge is 0.367 e. The van der Waals surface area contributed by atoms with Crippen molar-refractivity contribution in [1.29, 1.82) is 0 Å². The second-order valence-corrected chi connectivity index (χ2v) is 4.65. The smallest absolute Gasteiger partial charge is 0.230 e. The number of benzene rings is 1. The van der Waals surface area contributed by atoms with Gasteiger partial charge >= 0.3 is 0 Å². The van der Waals surface area contributed by atoms with Crippen molar-refractivity contribution in [3.63, 3.8) is 0 Å². The molecule has 1 aromatic carbocycles. The first-order chi connectivity index (χ1) is 8.34. The van der Waals surface area contributed by atoms with E-state index >= 15 is 0 Å². The van der Waals surface area contributed by atoms with Gasteiger partial charge in [-0.15, -0.1) is 11.8 Å². The molecule has 0 bridgehead atoms. The zero-order valence-corrected chi connectivity index (χ0v) is 10.2. The van der Waals surface area contributed by atoms with E-state index in [1.54, 1.807) is 11.8 Å². The third kappa shape index (κ3) is 4.00. The Kier molecular flexibility index (Phi) is 4.27. The fraction of sp³-hybridized carbons (Fsp3) is 0.154. The number of hydrogen-bond donors (Lipinski definition) is 2. The summed E-state index contributed by atoms with van der Waals surface area (Å²) >= 11 is 1.55. The van der Waals surface area contributed by atoms with Gasteiger partial charge < -0.3 is 10.3 Å². The topological polar surface area (TPSA) is 44.9 Å². The minimum Gasteiger partial charge on any atom is -0.367 e. The molecule has 0 fully saturated rings. The average molecular weight is 246 g/mol. The van der Waals surface area contributed by atoms with E-state index in [4.69, 9.17) is 0 Å². The Morgan fingerprint density at radius 1 is 1.24 bits per heavy atom. The Bertz CT molecular complexity index is 454. The summed E-state index contributed by atoms with van der Waals surface area (Å²) in [6.45, 7) is 0.581. The average Bonchev–Trinajstić information content (AvgIpc) is 2.88. The van der Waals surface area contributed by atoms with Gasteiger partial charge in [-0.25, -0.2) is 0 Å². The molecule has 0 saturated carbocycles. The lowest BCUT2D eigenvalue weighted by molar-refractivity contribution is -0.118. The molecule has 0 spiro atoms. The Balaban J connectivity index is 1.71. The van der Waals surface area contributed by atoms with Gasteiger partial charge in [0.25, 0.3) is 0 Å². The van der Waals surface area contributed by atoms with Crippen LogP contribution in [0.4, 0.5) is 0 Å². The van der Waals surface area contributed by atoms with E-state index in [1.165, 1.54) is 0 Å². The highest BCUT2D eigenvalue weighted by Gasteiger charge is 2.02. The highest BCUT2D eigenvalue weighted by Crippen LogP contribution is 2.16. The summed E-state index contributed by atoms with van der Waals surface area (Å²) in [6.07, 6.45) is 3.73. The fourth-order valence-electron chi connectivity index (χ4n) is 1.39. The lowest BCUT2D eigenvalue weighted by Gasteiger charge is -2.03. The first kappa shape index (κ1) is 11.8. The molecule has 2 rings (SSSR count). The maximum absolute atomic E-state index is 11.6. The number of hydrogen-bond acceptors (Lipinski definition) is 2. The van der Waals surface area contributed by atoms with Gasteiger partial charge in [-0.2, -0.15) is 0 Å². The molecule has 2 aromatic rings. The Morgan fingerprint density at radius 2 is 2.06 bits per heavy atom. The van der Waals surface area contributed by atoms with Crippen molar-refractivity contribution in [2.24, 2.45) is 0 Å². The van der Waals surface area contributed by atoms with Crippen LogP contribution in [0.2, 0.25) is 0 Å². The van der Waals surface area contributed by atoms with Gasteiger partial charge in [0.1, 0.15) is 0 Å². The Hall–Kier alpha value is -1.68. The predicted molar refractivity (Wildman–Crippen MR) is 69.8 cm³/mol. The number of amides is 1. The second kappa shape index (κ2) is 6.15. The van der Waals surface area contributed by atoms with E-state index in [9.17, 15) is 4.79 Å². The van der Waals surface area contributed by atoms with E-state index in [2.05, 4.69) is 10.3 Å². The first-order valence-electron chi connectivity index (χ1n) is 5.41. The lowest BCUT2D eigenvalue weighted by Crippen LogP contribution is -2.24. The van der Waals surface area contributed by atoms with Crippen LogP contribution in [-0.2, 0) is 11.3 Å². The zero-order valence-electron chi connectivity index (χ0n) is 9.35. The first-order valence-corrected chi connectivity index (χ1v) is 6.39. The van der Waals surface area contributed by atoms with E-state index in [-0.39, 0.29) is 5.91 Å². The minimum atomic E-state index is 0.0556. The van der Waals surface area contributed by atoms with E-state index < -0.39 is 0 Å². The van der Waals surface area contributed by atoms with Gasteiger partial charge in [0.15, 0.2) is 0 Å². The number of rotatable bonds is 5. The number of carbonyl (C=O) groups is 1. The molecule has 1 heterocycles. The molecule has 0 atom stereocenters. The van der Waals surface area contributed by atoms with E-state index in [1.807, 2.05) is 48.8 Å². The molecule has 0 aliphatic heterocycles. The molecule has 0 unspecified atom stereocenters. The van der Waals surface area contributed by atoms with Crippen LogP contribution in [0.3, 0.4) is 0 Å². The Labute approximate surface area is 105 Å². The molecule has 17 heavy (non-hydrogen) atoms. The molecule has 0 aliphatic rings. The van der Waals surface area contributed by atoms with Crippen molar-refractivity contribution in [2.75, 3.05) is 5.75 Å². The molecular formula is C13H14N2OS. The molecule has 1 amide bonds. The second-order valence-electron chi connectivity index (χ2n) is 3.60. The number of H-pyrrole nitrogens is 1. The molecule has 3 nitrogen and oxygen atoms in total. The molecule has 4 heteroatoms. The van der Waals surface area contributed by atoms with Crippen molar-refractivity contribution in [2.45, 2.75) is 11.4 Å². The summed E-state index contributed by atoms with van der Waals surface area (Å²) in [5.41, 5.74) is 1.09. The van der Waals surface area contributed by atoms with Crippen LogP contribution >= 0.6 is 11.8 Å².